The molecule has 0 aliphatic carbocycles. The third-order valence-electron chi connectivity index (χ3n) is 3.97. The Kier molecular flexibility index (Phi) is 25.1. The highest BCUT2D eigenvalue weighted by molar-refractivity contribution is 5.85. The van der Waals surface area contributed by atoms with Gasteiger partial charge in [0.2, 0.25) is 0 Å². The van der Waals surface area contributed by atoms with Crippen molar-refractivity contribution < 1.29 is 5.11 Å². The summed E-state index contributed by atoms with van der Waals surface area (Å²) in [7, 11) is 0. The van der Waals surface area contributed by atoms with Gasteiger partial charge in [0.1, 0.15) is 0 Å². The van der Waals surface area contributed by atoms with Gasteiger partial charge in [-0.3, -0.25) is 0 Å². The van der Waals surface area contributed by atoms with Crippen molar-refractivity contribution in [2.45, 2.75) is 96.8 Å². The van der Waals surface area contributed by atoms with Crippen LogP contribution in [0.15, 0.2) is 0 Å². The molecule has 0 unspecified atom stereocenters. The normalized spacial score (nSPS) is 10.6. The molecule has 0 bridgehead atoms. The zero-order chi connectivity index (χ0) is 14.7. The summed E-state index contributed by atoms with van der Waals surface area (Å²) in [6.45, 7) is 4.84. The fourth-order valence-electron chi connectivity index (χ4n) is 2.58. The highest BCUT2D eigenvalue weighted by Crippen LogP contribution is 2.11. The topological polar surface area (TPSA) is 32.3 Å². The van der Waals surface area contributed by atoms with E-state index in [1.165, 1.54) is 77.0 Å². The SMILES string of the molecule is CCCCCCCCCCCCCCNCCCCO.Cl. The van der Waals surface area contributed by atoms with Crippen molar-refractivity contribution in [3.05, 3.63) is 0 Å². The smallest absolute Gasteiger partial charge is 0.0431 e. The number of hydrogen-bond donors (Lipinski definition) is 2. The minimum atomic E-state index is 0. The van der Waals surface area contributed by atoms with E-state index in [9.17, 15) is 0 Å². The Morgan fingerprint density at radius 3 is 1.38 bits per heavy atom. The first-order valence-electron chi connectivity index (χ1n) is 9.23. The standard InChI is InChI=1S/C18H39NO.ClH/c1-2-3-4-5-6-7-8-9-10-11-12-13-16-19-17-14-15-18-20;/h19-20H,2-18H2,1H3;1H. The molecular formula is C18H40ClNO. The maximum Gasteiger partial charge on any atom is 0.0431 e. The Bertz CT molecular complexity index is 149. The second kappa shape index (κ2) is 22.5. The zero-order valence-electron chi connectivity index (χ0n) is 14.4. The lowest BCUT2D eigenvalue weighted by Crippen LogP contribution is -2.16. The van der Waals surface area contributed by atoms with E-state index in [0.717, 1.165) is 25.9 Å². The molecule has 0 rings (SSSR count). The lowest BCUT2D eigenvalue weighted by Gasteiger charge is -2.04. The van der Waals surface area contributed by atoms with Gasteiger partial charge < -0.3 is 10.4 Å². The number of halogens is 1. The van der Waals surface area contributed by atoms with Crippen LogP contribution in [0.1, 0.15) is 96.8 Å². The molecule has 0 amide bonds. The van der Waals surface area contributed by atoms with E-state index >= 15 is 0 Å². The van der Waals surface area contributed by atoms with Crippen molar-refractivity contribution in [3.63, 3.8) is 0 Å². The zero-order valence-corrected chi connectivity index (χ0v) is 15.2. The van der Waals surface area contributed by atoms with Crippen molar-refractivity contribution >= 4 is 12.4 Å². The third-order valence-corrected chi connectivity index (χ3v) is 3.97. The van der Waals surface area contributed by atoms with Gasteiger partial charge in [0.15, 0.2) is 0 Å². The van der Waals surface area contributed by atoms with Crippen molar-refractivity contribution in [2.75, 3.05) is 19.7 Å². The molecule has 0 aromatic carbocycles. The van der Waals surface area contributed by atoms with Crippen LogP contribution in [0.4, 0.5) is 0 Å². The lowest BCUT2D eigenvalue weighted by atomic mass is 10.1. The van der Waals surface area contributed by atoms with Gasteiger partial charge in [0.05, 0.1) is 0 Å². The molecule has 130 valence electrons. The second-order valence-electron chi connectivity index (χ2n) is 6.07. The van der Waals surface area contributed by atoms with Gasteiger partial charge in [-0.2, -0.15) is 0 Å². The fourth-order valence-corrected chi connectivity index (χ4v) is 2.58. The first-order valence-corrected chi connectivity index (χ1v) is 9.23. The van der Waals surface area contributed by atoms with Crippen LogP contribution >= 0.6 is 12.4 Å². The van der Waals surface area contributed by atoms with Gasteiger partial charge in [-0.15, -0.1) is 12.4 Å². The van der Waals surface area contributed by atoms with E-state index in [0.29, 0.717) is 6.61 Å². The maximum atomic E-state index is 8.65. The highest BCUT2D eigenvalue weighted by Gasteiger charge is 1.93. The number of aliphatic hydroxyl groups is 1. The molecule has 0 aliphatic rings. The van der Waals surface area contributed by atoms with Crippen LogP contribution in [-0.4, -0.2) is 24.8 Å². The molecule has 2 nitrogen and oxygen atoms in total. The summed E-state index contributed by atoms with van der Waals surface area (Å²) in [6, 6.07) is 0. The molecule has 2 N–H and O–H groups in total. The monoisotopic (exact) mass is 321 g/mol. The van der Waals surface area contributed by atoms with Crippen molar-refractivity contribution in [1.82, 2.24) is 5.32 Å². The number of nitrogens with one attached hydrogen (secondary N) is 1. The average molecular weight is 322 g/mol. The quantitative estimate of drug-likeness (QED) is 0.348. The molecule has 0 spiro atoms. The maximum absolute atomic E-state index is 8.65. The van der Waals surface area contributed by atoms with Crippen molar-refractivity contribution in [2.24, 2.45) is 0 Å². The molecule has 0 radical (unpaired) electrons. The van der Waals surface area contributed by atoms with Crippen LogP contribution in [0.3, 0.4) is 0 Å². The molecule has 0 fully saturated rings. The number of hydrogen-bond acceptors (Lipinski definition) is 2. The van der Waals surface area contributed by atoms with Gasteiger partial charge in [-0.25, -0.2) is 0 Å². The van der Waals surface area contributed by atoms with Gasteiger partial charge >= 0.3 is 0 Å². The fraction of sp³-hybridized carbons (Fsp3) is 1.00. The highest BCUT2D eigenvalue weighted by atomic mass is 35.5. The predicted molar refractivity (Wildman–Crippen MR) is 97.5 cm³/mol. The predicted octanol–water partition coefficient (Wildman–Crippen LogP) is 5.47. The Balaban J connectivity index is 0. The van der Waals surface area contributed by atoms with Crippen LogP contribution in [0.2, 0.25) is 0 Å². The van der Waals surface area contributed by atoms with Gasteiger partial charge in [0, 0.05) is 6.61 Å². The molecule has 0 aromatic rings. The molecule has 21 heavy (non-hydrogen) atoms. The Morgan fingerprint density at radius 1 is 0.571 bits per heavy atom. The first kappa shape index (κ1) is 23.5. The Labute approximate surface area is 139 Å². The van der Waals surface area contributed by atoms with Crippen LogP contribution in [0, 0.1) is 0 Å². The van der Waals surface area contributed by atoms with E-state index in [2.05, 4.69) is 12.2 Å². The summed E-state index contributed by atoms with van der Waals surface area (Å²) < 4.78 is 0. The van der Waals surface area contributed by atoms with Gasteiger partial charge in [-0.05, 0) is 32.4 Å². The summed E-state index contributed by atoms with van der Waals surface area (Å²) in [6.07, 6.45) is 19.1. The van der Waals surface area contributed by atoms with E-state index in [-0.39, 0.29) is 12.4 Å². The summed E-state index contributed by atoms with van der Waals surface area (Å²) >= 11 is 0. The van der Waals surface area contributed by atoms with Crippen LogP contribution < -0.4 is 5.32 Å². The van der Waals surface area contributed by atoms with E-state index in [1.807, 2.05) is 0 Å². The molecule has 0 heterocycles. The van der Waals surface area contributed by atoms with Crippen molar-refractivity contribution in [1.29, 1.82) is 0 Å². The molecule has 0 atom stereocenters. The Morgan fingerprint density at radius 2 is 0.952 bits per heavy atom. The Hall–Kier alpha value is 0.210. The summed E-state index contributed by atoms with van der Waals surface area (Å²) in [5.74, 6) is 0. The number of aliphatic hydroxyl groups excluding tert-OH is 1. The van der Waals surface area contributed by atoms with E-state index in [4.69, 9.17) is 5.11 Å². The van der Waals surface area contributed by atoms with Crippen LogP contribution in [-0.2, 0) is 0 Å². The molecule has 0 aromatic heterocycles. The van der Waals surface area contributed by atoms with Crippen molar-refractivity contribution in [3.8, 4) is 0 Å². The average Bonchev–Trinajstić information content (AvgIpc) is 2.47. The number of unbranched alkanes of at least 4 members (excludes halogenated alkanes) is 12. The third kappa shape index (κ3) is 22.6. The van der Waals surface area contributed by atoms with Gasteiger partial charge in [-0.1, -0.05) is 77.6 Å². The summed E-state index contributed by atoms with van der Waals surface area (Å²) in [4.78, 5) is 0. The second-order valence-corrected chi connectivity index (χ2v) is 6.07. The van der Waals surface area contributed by atoms with Crippen LogP contribution in [0.25, 0.3) is 0 Å². The largest absolute Gasteiger partial charge is 0.396 e. The summed E-state index contributed by atoms with van der Waals surface area (Å²) in [5.41, 5.74) is 0. The van der Waals surface area contributed by atoms with E-state index in [1.54, 1.807) is 0 Å². The van der Waals surface area contributed by atoms with Gasteiger partial charge in [0.25, 0.3) is 0 Å². The molecule has 0 saturated carbocycles. The first-order chi connectivity index (χ1) is 9.91. The van der Waals surface area contributed by atoms with E-state index < -0.39 is 0 Å². The van der Waals surface area contributed by atoms with Crippen LogP contribution in [0.5, 0.6) is 0 Å². The number of rotatable bonds is 17. The molecular weight excluding hydrogens is 282 g/mol. The minimum Gasteiger partial charge on any atom is -0.396 e. The lowest BCUT2D eigenvalue weighted by molar-refractivity contribution is 0.283. The molecule has 3 heteroatoms. The summed E-state index contributed by atoms with van der Waals surface area (Å²) in [5, 5.41) is 12.1. The minimum absolute atomic E-state index is 0. The molecule has 0 aliphatic heterocycles. The molecule has 0 saturated heterocycles.